The van der Waals surface area contributed by atoms with Crippen molar-refractivity contribution < 1.29 is 13.6 Å². The summed E-state index contributed by atoms with van der Waals surface area (Å²) in [7, 11) is 0. The lowest BCUT2D eigenvalue weighted by Crippen LogP contribution is -2.38. The maximum atomic E-state index is 14.3. The molecule has 1 fully saturated rings. The van der Waals surface area contributed by atoms with Gasteiger partial charge in [0.1, 0.15) is 11.6 Å². The van der Waals surface area contributed by atoms with Gasteiger partial charge in [-0.05, 0) is 66.6 Å². The Morgan fingerprint density at radius 1 is 1.03 bits per heavy atom. The average molecular weight is 407 g/mol. The van der Waals surface area contributed by atoms with Crippen molar-refractivity contribution in [1.29, 1.82) is 0 Å². The van der Waals surface area contributed by atoms with E-state index in [4.69, 9.17) is 0 Å². The highest BCUT2D eigenvalue weighted by atomic mass is 19.1. The number of hydrogen-bond acceptors (Lipinski definition) is 1. The van der Waals surface area contributed by atoms with Crippen LogP contribution in [0.25, 0.3) is 21.8 Å². The number of carbonyl (C=O) groups excluding carboxylic acids is 1. The van der Waals surface area contributed by atoms with Gasteiger partial charge in [-0.15, -0.1) is 0 Å². The number of carbonyl (C=O) groups is 1. The van der Waals surface area contributed by atoms with E-state index < -0.39 is 0 Å². The molecule has 1 amide bonds. The van der Waals surface area contributed by atoms with E-state index in [0.717, 1.165) is 40.4 Å². The topological polar surface area (TPSA) is 51.9 Å². The Morgan fingerprint density at radius 3 is 2.67 bits per heavy atom. The van der Waals surface area contributed by atoms with Gasteiger partial charge in [0.2, 0.25) is 5.91 Å². The first-order valence-electron chi connectivity index (χ1n) is 10.4. The van der Waals surface area contributed by atoms with Gasteiger partial charge < -0.3 is 14.9 Å². The number of likely N-dealkylation sites (tertiary alicyclic amines) is 1. The van der Waals surface area contributed by atoms with Crippen molar-refractivity contribution in [2.75, 3.05) is 13.1 Å². The zero-order valence-electron chi connectivity index (χ0n) is 16.6. The number of benzene rings is 2. The van der Waals surface area contributed by atoms with Crippen LogP contribution in [0.1, 0.15) is 36.3 Å². The molecule has 5 rings (SSSR count). The van der Waals surface area contributed by atoms with Crippen LogP contribution in [0.4, 0.5) is 8.78 Å². The molecule has 0 unspecified atom stereocenters. The number of rotatable bonds is 4. The van der Waals surface area contributed by atoms with Gasteiger partial charge in [-0.1, -0.05) is 6.07 Å². The first kappa shape index (κ1) is 18.9. The molecule has 0 radical (unpaired) electrons. The number of amides is 1. The summed E-state index contributed by atoms with van der Waals surface area (Å²) >= 11 is 0. The highest BCUT2D eigenvalue weighted by molar-refractivity contribution is 5.85. The summed E-state index contributed by atoms with van der Waals surface area (Å²) in [6, 6.07) is 9.75. The number of hydrogen-bond donors (Lipinski definition) is 2. The molecule has 154 valence electrons. The summed E-state index contributed by atoms with van der Waals surface area (Å²) in [4.78, 5) is 20.9. The number of H-pyrrole nitrogens is 2. The number of piperidine rings is 1. The molecule has 6 heteroatoms. The normalized spacial score (nSPS) is 15.3. The number of aryl methyl sites for hydroxylation is 1. The molecule has 1 saturated heterocycles. The molecule has 2 aromatic carbocycles. The summed E-state index contributed by atoms with van der Waals surface area (Å²) in [5.41, 5.74) is 3.67. The van der Waals surface area contributed by atoms with Gasteiger partial charge in [-0.2, -0.15) is 0 Å². The maximum absolute atomic E-state index is 14.3. The van der Waals surface area contributed by atoms with Crippen molar-refractivity contribution in [3.05, 3.63) is 71.6 Å². The highest BCUT2D eigenvalue weighted by Gasteiger charge is 2.26. The molecule has 30 heavy (non-hydrogen) atoms. The third-order valence-electron chi connectivity index (χ3n) is 6.31. The van der Waals surface area contributed by atoms with E-state index >= 15 is 0 Å². The van der Waals surface area contributed by atoms with E-state index in [2.05, 4.69) is 9.97 Å². The van der Waals surface area contributed by atoms with Crippen LogP contribution < -0.4 is 0 Å². The number of nitrogens with zero attached hydrogens (tertiary/aromatic N) is 1. The number of aromatic nitrogens is 2. The number of nitrogens with one attached hydrogen (secondary N) is 2. The second-order valence-electron chi connectivity index (χ2n) is 8.07. The van der Waals surface area contributed by atoms with E-state index in [0.29, 0.717) is 31.3 Å². The Morgan fingerprint density at radius 2 is 1.83 bits per heavy atom. The Balaban J connectivity index is 1.22. The number of aromatic amines is 2. The smallest absolute Gasteiger partial charge is 0.222 e. The third-order valence-corrected chi connectivity index (χ3v) is 6.31. The fraction of sp³-hybridized carbons (Fsp3) is 0.292. The highest BCUT2D eigenvalue weighted by Crippen LogP contribution is 2.34. The van der Waals surface area contributed by atoms with Gasteiger partial charge in [-0.3, -0.25) is 4.79 Å². The largest absolute Gasteiger partial charge is 0.361 e. The van der Waals surface area contributed by atoms with Crippen molar-refractivity contribution >= 4 is 27.7 Å². The zero-order valence-corrected chi connectivity index (χ0v) is 16.6. The van der Waals surface area contributed by atoms with Gasteiger partial charge in [0.15, 0.2) is 0 Å². The summed E-state index contributed by atoms with van der Waals surface area (Å²) < 4.78 is 27.8. The van der Waals surface area contributed by atoms with Gasteiger partial charge >= 0.3 is 0 Å². The Hall–Kier alpha value is -3.15. The van der Waals surface area contributed by atoms with E-state index in [1.54, 1.807) is 12.1 Å². The minimum absolute atomic E-state index is 0.115. The predicted octanol–water partition coefficient (Wildman–Crippen LogP) is 5.27. The van der Waals surface area contributed by atoms with Gasteiger partial charge in [0.05, 0.1) is 0 Å². The molecule has 0 atom stereocenters. The van der Waals surface area contributed by atoms with E-state index in [-0.39, 0.29) is 23.5 Å². The molecule has 2 N–H and O–H groups in total. The van der Waals surface area contributed by atoms with E-state index in [9.17, 15) is 13.6 Å². The second-order valence-corrected chi connectivity index (χ2v) is 8.07. The number of fused-ring (bicyclic) bond motifs is 2. The minimum atomic E-state index is -0.273. The molecule has 3 heterocycles. The van der Waals surface area contributed by atoms with Gasteiger partial charge in [0, 0.05) is 53.7 Å². The van der Waals surface area contributed by atoms with Crippen LogP contribution in [-0.4, -0.2) is 33.9 Å². The van der Waals surface area contributed by atoms with Crippen LogP contribution >= 0.6 is 0 Å². The molecule has 0 aliphatic carbocycles. The molecular formula is C24H23F2N3O. The molecule has 0 spiro atoms. The van der Waals surface area contributed by atoms with Crippen molar-refractivity contribution in [3.8, 4) is 0 Å². The number of halogens is 2. The molecule has 0 saturated carbocycles. The van der Waals surface area contributed by atoms with Crippen LogP contribution in [0, 0.1) is 11.6 Å². The van der Waals surface area contributed by atoms with E-state index in [1.807, 2.05) is 23.4 Å². The summed E-state index contributed by atoms with van der Waals surface area (Å²) in [6.07, 6.45) is 6.39. The molecule has 1 aliphatic heterocycles. The molecular weight excluding hydrogens is 384 g/mol. The Labute approximate surface area is 172 Å². The predicted molar refractivity (Wildman–Crippen MR) is 113 cm³/mol. The average Bonchev–Trinajstić information content (AvgIpc) is 3.37. The van der Waals surface area contributed by atoms with Crippen molar-refractivity contribution in [3.63, 3.8) is 0 Å². The van der Waals surface area contributed by atoms with Crippen LogP contribution in [0.3, 0.4) is 0 Å². The lowest BCUT2D eigenvalue weighted by atomic mass is 9.89. The quantitative estimate of drug-likeness (QED) is 0.476. The van der Waals surface area contributed by atoms with Crippen LogP contribution in [0.5, 0.6) is 0 Å². The van der Waals surface area contributed by atoms with Gasteiger partial charge in [0.25, 0.3) is 0 Å². The van der Waals surface area contributed by atoms with Crippen LogP contribution in [0.15, 0.2) is 48.8 Å². The monoisotopic (exact) mass is 407 g/mol. The fourth-order valence-electron chi connectivity index (χ4n) is 4.68. The zero-order chi connectivity index (χ0) is 20.7. The first-order valence-corrected chi connectivity index (χ1v) is 10.4. The van der Waals surface area contributed by atoms with E-state index in [1.165, 1.54) is 18.2 Å². The SMILES string of the molecule is O=C(CCc1c[nH]c2ccc(F)cc12)N1CCC(c2c[nH]c3cccc(F)c23)CC1. The van der Waals surface area contributed by atoms with Crippen molar-refractivity contribution in [2.24, 2.45) is 0 Å². The fourth-order valence-corrected chi connectivity index (χ4v) is 4.68. The third kappa shape index (κ3) is 3.36. The molecule has 0 bridgehead atoms. The Bertz CT molecular complexity index is 1220. The lowest BCUT2D eigenvalue weighted by molar-refractivity contribution is -0.132. The maximum Gasteiger partial charge on any atom is 0.222 e. The minimum Gasteiger partial charge on any atom is -0.361 e. The van der Waals surface area contributed by atoms with Gasteiger partial charge in [-0.25, -0.2) is 8.78 Å². The first-order chi connectivity index (χ1) is 14.6. The second kappa shape index (κ2) is 7.59. The summed E-state index contributed by atoms with van der Waals surface area (Å²) in [6.45, 7) is 1.35. The molecule has 4 aromatic rings. The Kier molecular flexibility index (Phi) is 4.77. The summed E-state index contributed by atoms with van der Waals surface area (Å²) in [5.74, 6) is -0.108. The molecule has 4 nitrogen and oxygen atoms in total. The standard InChI is InChI=1S/C24H23F2N3O/c25-17-5-6-21-18(12-17)16(13-27-21)4-7-23(30)29-10-8-15(9-11-29)19-14-28-22-3-1-2-20(26)24(19)22/h1-3,5-6,12-15,27-28H,4,7-11H2. The lowest BCUT2D eigenvalue weighted by Gasteiger charge is -2.32. The summed E-state index contributed by atoms with van der Waals surface area (Å²) in [5, 5.41) is 1.51. The van der Waals surface area contributed by atoms with Crippen LogP contribution in [-0.2, 0) is 11.2 Å². The molecule has 2 aromatic heterocycles. The molecule has 1 aliphatic rings. The van der Waals surface area contributed by atoms with Crippen molar-refractivity contribution in [1.82, 2.24) is 14.9 Å². The van der Waals surface area contributed by atoms with Crippen LogP contribution in [0.2, 0.25) is 0 Å². The van der Waals surface area contributed by atoms with Crippen molar-refractivity contribution in [2.45, 2.75) is 31.6 Å².